The molecule has 0 radical (unpaired) electrons. The number of nitrogens with zero attached hydrogens (tertiary/aromatic N) is 1. The Morgan fingerprint density at radius 3 is 2.13 bits per heavy atom. The second-order valence-corrected chi connectivity index (χ2v) is 6.52. The zero-order chi connectivity index (χ0) is 17.2. The fourth-order valence-electron chi connectivity index (χ4n) is 2.38. The molecule has 1 atom stereocenters. The molecule has 1 aromatic carbocycles. The Bertz CT molecular complexity index is 599. The molecule has 0 saturated heterocycles. The van der Waals surface area contributed by atoms with Crippen LogP contribution >= 0.6 is 0 Å². The van der Waals surface area contributed by atoms with Crippen molar-refractivity contribution >= 4 is 17.9 Å². The molecule has 6 heteroatoms. The van der Waals surface area contributed by atoms with Crippen LogP contribution in [0.4, 0.5) is 4.79 Å². The molecule has 1 aliphatic rings. The van der Waals surface area contributed by atoms with Gasteiger partial charge in [0.25, 0.3) is 11.8 Å². The minimum Gasteiger partial charge on any atom is -0.444 e. The molecule has 124 valence electrons. The Morgan fingerprint density at radius 2 is 1.70 bits per heavy atom. The molecule has 0 unspecified atom stereocenters. The number of imide groups is 1. The van der Waals surface area contributed by atoms with Crippen molar-refractivity contribution in [1.29, 1.82) is 0 Å². The van der Waals surface area contributed by atoms with Gasteiger partial charge in [-0.05, 0) is 39.3 Å². The van der Waals surface area contributed by atoms with Crippen molar-refractivity contribution in [3.63, 3.8) is 0 Å². The standard InChI is InChI=1S/C17H22N2O4/c1-5-11(18-16(22)23-17(2,3)4)10-19-14(20)12-8-6-7-9-13(12)15(19)21/h6-9,11H,5,10H2,1-4H3,(H,18,22)/t11-/m0/s1. The highest BCUT2D eigenvalue weighted by Crippen LogP contribution is 2.22. The van der Waals surface area contributed by atoms with E-state index in [0.717, 1.165) is 0 Å². The summed E-state index contributed by atoms with van der Waals surface area (Å²) in [5.74, 6) is -0.648. The van der Waals surface area contributed by atoms with Crippen molar-refractivity contribution in [3.8, 4) is 0 Å². The number of rotatable bonds is 4. The highest BCUT2D eigenvalue weighted by molar-refractivity contribution is 6.21. The molecule has 1 aromatic rings. The fourth-order valence-corrected chi connectivity index (χ4v) is 2.38. The van der Waals surface area contributed by atoms with E-state index < -0.39 is 11.7 Å². The van der Waals surface area contributed by atoms with E-state index in [0.29, 0.717) is 17.5 Å². The third-order valence-electron chi connectivity index (χ3n) is 3.49. The number of ether oxygens (including phenoxy) is 1. The van der Waals surface area contributed by atoms with Crippen LogP contribution in [-0.4, -0.2) is 41.0 Å². The molecule has 0 fully saturated rings. The molecule has 0 bridgehead atoms. The van der Waals surface area contributed by atoms with E-state index >= 15 is 0 Å². The summed E-state index contributed by atoms with van der Waals surface area (Å²) in [6.07, 6.45) is 0.0214. The summed E-state index contributed by atoms with van der Waals surface area (Å²) in [5.41, 5.74) is 0.215. The maximum absolute atomic E-state index is 12.3. The molecule has 1 aliphatic heterocycles. The van der Waals surface area contributed by atoms with Crippen LogP contribution in [0, 0.1) is 0 Å². The van der Waals surface area contributed by atoms with E-state index in [2.05, 4.69) is 5.32 Å². The van der Waals surface area contributed by atoms with E-state index in [4.69, 9.17) is 4.74 Å². The largest absolute Gasteiger partial charge is 0.444 e. The van der Waals surface area contributed by atoms with Crippen LogP contribution in [-0.2, 0) is 4.74 Å². The highest BCUT2D eigenvalue weighted by atomic mass is 16.6. The number of carbonyl (C=O) groups excluding carboxylic acids is 3. The molecule has 0 saturated carbocycles. The van der Waals surface area contributed by atoms with Gasteiger partial charge in [0.15, 0.2) is 0 Å². The normalized spacial score (nSPS) is 15.4. The maximum atomic E-state index is 12.3. The molecule has 1 heterocycles. The fraction of sp³-hybridized carbons (Fsp3) is 0.471. The minimum absolute atomic E-state index is 0.127. The summed E-state index contributed by atoms with van der Waals surface area (Å²) >= 11 is 0. The highest BCUT2D eigenvalue weighted by Gasteiger charge is 2.36. The number of fused-ring (bicyclic) bond motifs is 1. The first-order valence-electron chi connectivity index (χ1n) is 7.67. The number of benzene rings is 1. The smallest absolute Gasteiger partial charge is 0.407 e. The third-order valence-corrected chi connectivity index (χ3v) is 3.49. The summed E-state index contributed by atoms with van der Waals surface area (Å²) in [6.45, 7) is 7.33. The van der Waals surface area contributed by atoms with E-state index in [1.807, 2.05) is 6.92 Å². The summed E-state index contributed by atoms with van der Waals surface area (Å²) in [6, 6.07) is 6.37. The number of alkyl carbamates (subject to hydrolysis) is 1. The third kappa shape index (κ3) is 3.88. The van der Waals surface area contributed by atoms with E-state index in [-0.39, 0.29) is 24.4 Å². The van der Waals surface area contributed by atoms with Gasteiger partial charge in [-0.2, -0.15) is 0 Å². The van der Waals surface area contributed by atoms with Crippen molar-refractivity contribution in [2.75, 3.05) is 6.54 Å². The van der Waals surface area contributed by atoms with Crippen molar-refractivity contribution in [2.45, 2.75) is 45.8 Å². The van der Waals surface area contributed by atoms with Gasteiger partial charge in [-0.15, -0.1) is 0 Å². The number of carbonyl (C=O) groups is 3. The Labute approximate surface area is 135 Å². The first-order valence-corrected chi connectivity index (χ1v) is 7.67. The number of amides is 3. The number of hydrogen-bond donors (Lipinski definition) is 1. The molecule has 3 amide bonds. The lowest BCUT2D eigenvalue weighted by Gasteiger charge is -2.25. The van der Waals surface area contributed by atoms with Crippen LogP contribution in [0.2, 0.25) is 0 Å². The number of nitrogens with one attached hydrogen (secondary N) is 1. The van der Waals surface area contributed by atoms with Crippen molar-refractivity contribution in [3.05, 3.63) is 35.4 Å². The second-order valence-electron chi connectivity index (χ2n) is 6.52. The minimum atomic E-state index is -0.599. The van der Waals surface area contributed by atoms with Gasteiger partial charge in [-0.3, -0.25) is 14.5 Å². The average molecular weight is 318 g/mol. The van der Waals surface area contributed by atoms with E-state index in [9.17, 15) is 14.4 Å². The average Bonchev–Trinajstić information content (AvgIpc) is 2.70. The summed E-state index contributed by atoms with van der Waals surface area (Å²) in [5, 5.41) is 2.71. The zero-order valence-corrected chi connectivity index (χ0v) is 13.9. The predicted octanol–water partition coefficient (Wildman–Crippen LogP) is 2.59. The van der Waals surface area contributed by atoms with Gasteiger partial charge >= 0.3 is 6.09 Å². The van der Waals surface area contributed by atoms with Crippen molar-refractivity contribution < 1.29 is 19.1 Å². The Morgan fingerprint density at radius 1 is 1.17 bits per heavy atom. The van der Waals surface area contributed by atoms with Gasteiger partial charge < -0.3 is 10.1 Å². The molecule has 23 heavy (non-hydrogen) atoms. The second kappa shape index (κ2) is 6.40. The van der Waals surface area contributed by atoms with Crippen LogP contribution in [0.25, 0.3) is 0 Å². The van der Waals surface area contributed by atoms with Crippen LogP contribution in [0.3, 0.4) is 0 Å². The monoisotopic (exact) mass is 318 g/mol. The van der Waals surface area contributed by atoms with Gasteiger partial charge in [0.1, 0.15) is 5.60 Å². The van der Waals surface area contributed by atoms with Crippen molar-refractivity contribution in [1.82, 2.24) is 10.2 Å². The molecule has 0 aliphatic carbocycles. The molecule has 1 N–H and O–H groups in total. The van der Waals surface area contributed by atoms with Crippen LogP contribution in [0.1, 0.15) is 54.8 Å². The van der Waals surface area contributed by atoms with Gasteiger partial charge in [-0.1, -0.05) is 19.1 Å². The first kappa shape index (κ1) is 17.0. The topological polar surface area (TPSA) is 75.7 Å². The van der Waals surface area contributed by atoms with Crippen molar-refractivity contribution in [2.24, 2.45) is 0 Å². The van der Waals surface area contributed by atoms with E-state index in [1.54, 1.807) is 45.0 Å². The maximum Gasteiger partial charge on any atom is 0.407 e. The lowest BCUT2D eigenvalue weighted by Crippen LogP contribution is -2.46. The van der Waals surface area contributed by atoms with E-state index in [1.165, 1.54) is 4.90 Å². The predicted molar refractivity (Wildman–Crippen MR) is 85.3 cm³/mol. The lowest BCUT2D eigenvalue weighted by atomic mass is 10.1. The van der Waals surface area contributed by atoms with Crippen LogP contribution in [0.15, 0.2) is 24.3 Å². The molecule has 2 rings (SSSR count). The first-order chi connectivity index (χ1) is 10.7. The summed E-state index contributed by atoms with van der Waals surface area (Å²) in [7, 11) is 0. The van der Waals surface area contributed by atoms with Gasteiger partial charge in [-0.25, -0.2) is 4.79 Å². The van der Waals surface area contributed by atoms with Crippen LogP contribution in [0.5, 0.6) is 0 Å². The molecule has 0 spiro atoms. The molecular weight excluding hydrogens is 296 g/mol. The van der Waals surface area contributed by atoms with Gasteiger partial charge in [0.05, 0.1) is 17.2 Å². The Balaban J connectivity index is 2.05. The number of hydrogen-bond acceptors (Lipinski definition) is 4. The van der Waals surface area contributed by atoms with Crippen LogP contribution < -0.4 is 5.32 Å². The summed E-state index contributed by atoms with van der Waals surface area (Å²) in [4.78, 5) is 37.7. The Kier molecular flexibility index (Phi) is 4.73. The Hall–Kier alpha value is -2.37. The van der Waals surface area contributed by atoms with Gasteiger partial charge in [0, 0.05) is 6.54 Å². The summed E-state index contributed by atoms with van der Waals surface area (Å²) < 4.78 is 5.21. The lowest BCUT2D eigenvalue weighted by molar-refractivity contribution is 0.0466. The molecular formula is C17H22N2O4. The van der Waals surface area contributed by atoms with Gasteiger partial charge in [0.2, 0.25) is 0 Å². The quantitative estimate of drug-likeness (QED) is 0.866. The zero-order valence-electron chi connectivity index (χ0n) is 13.9. The molecule has 0 aromatic heterocycles. The SMILES string of the molecule is CC[C@@H](CN1C(=O)c2ccccc2C1=O)NC(=O)OC(C)(C)C. The molecule has 6 nitrogen and oxygen atoms in total.